The molecule has 2 aromatic carbocycles. The number of halogens is 4. The molecule has 0 aliphatic carbocycles. The Hall–Kier alpha value is -2.28. The molecule has 0 unspecified atom stereocenters. The Morgan fingerprint density at radius 3 is 2.30 bits per heavy atom. The second-order valence-electron chi connectivity index (χ2n) is 4.55. The highest BCUT2D eigenvalue weighted by atomic mass is 79.9. The number of hydrogen-bond acceptors (Lipinski definition) is 2. The number of primary amides is 1. The van der Waals surface area contributed by atoms with Crippen LogP contribution in [0.5, 0.6) is 5.75 Å². The molecule has 0 fully saturated rings. The summed E-state index contributed by atoms with van der Waals surface area (Å²) in [5.41, 5.74) is 6.98. The van der Waals surface area contributed by atoms with E-state index in [2.05, 4.69) is 20.7 Å². The molecule has 7 heteroatoms. The molecule has 0 bridgehead atoms. The molecule has 120 valence electrons. The van der Waals surface area contributed by atoms with E-state index in [1.54, 1.807) is 30.4 Å². The monoisotopic (exact) mass is 385 g/mol. The smallest absolute Gasteiger partial charge is 0.406 e. The summed E-state index contributed by atoms with van der Waals surface area (Å²) in [5.74, 6) is -0.827. The highest BCUT2D eigenvalue weighted by molar-refractivity contribution is 9.10. The molecule has 0 saturated carbocycles. The van der Waals surface area contributed by atoms with Crippen molar-refractivity contribution >= 4 is 34.0 Å². The lowest BCUT2D eigenvalue weighted by Crippen LogP contribution is -2.16. The SMILES string of the molecule is NC(=O)c1ccc(Br)c(C=Cc2ccc(OC(F)(F)F)cc2)c1. The van der Waals surface area contributed by atoms with Crippen molar-refractivity contribution in [2.24, 2.45) is 5.73 Å². The van der Waals surface area contributed by atoms with Gasteiger partial charge in [0.15, 0.2) is 0 Å². The average Bonchev–Trinajstić information content (AvgIpc) is 2.46. The molecule has 2 N–H and O–H groups in total. The van der Waals surface area contributed by atoms with Gasteiger partial charge in [-0.05, 0) is 41.5 Å². The van der Waals surface area contributed by atoms with Gasteiger partial charge in [0.05, 0.1) is 0 Å². The first-order chi connectivity index (χ1) is 10.7. The molecule has 1 amide bonds. The first-order valence-corrected chi connectivity index (χ1v) is 7.17. The van der Waals surface area contributed by atoms with E-state index in [0.717, 1.165) is 10.0 Å². The van der Waals surface area contributed by atoms with Crippen molar-refractivity contribution in [2.45, 2.75) is 6.36 Å². The second kappa shape index (κ2) is 6.87. The maximum absolute atomic E-state index is 12.1. The van der Waals surface area contributed by atoms with E-state index >= 15 is 0 Å². The zero-order chi connectivity index (χ0) is 17.0. The number of carbonyl (C=O) groups excluding carboxylic acids is 1. The Morgan fingerprint density at radius 1 is 1.09 bits per heavy atom. The first kappa shape index (κ1) is 17.1. The summed E-state index contributed by atoms with van der Waals surface area (Å²) in [6.07, 6.45) is -1.30. The minimum atomic E-state index is -4.71. The predicted molar refractivity (Wildman–Crippen MR) is 84.7 cm³/mol. The molecule has 0 atom stereocenters. The van der Waals surface area contributed by atoms with Crippen LogP contribution in [0.25, 0.3) is 12.2 Å². The lowest BCUT2D eigenvalue weighted by molar-refractivity contribution is -0.274. The number of ether oxygens (including phenoxy) is 1. The highest BCUT2D eigenvalue weighted by Gasteiger charge is 2.30. The van der Waals surface area contributed by atoms with E-state index in [1.807, 2.05) is 0 Å². The second-order valence-corrected chi connectivity index (χ2v) is 5.41. The van der Waals surface area contributed by atoms with Gasteiger partial charge in [-0.2, -0.15) is 0 Å². The van der Waals surface area contributed by atoms with Crippen LogP contribution in [0.15, 0.2) is 46.9 Å². The lowest BCUT2D eigenvalue weighted by Gasteiger charge is -2.08. The summed E-state index contributed by atoms with van der Waals surface area (Å²) < 4.78 is 40.8. The maximum Gasteiger partial charge on any atom is 0.573 e. The lowest BCUT2D eigenvalue weighted by atomic mass is 10.1. The summed E-state index contributed by atoms with van der Waals surface area (Å²) in [6, 6.07) is 10.3. The van der Waals surface area contributed by atoms with Crippen LogP contribution in [0.3, 0.4) is 0 Å². The van der Waals surface area contributed by atoms with E-state index in [4.69, 9.17) is 5.73 Å². The molecule has 3 nitrogen and oxygen atoms in total. The third kappa shape index (κ3) is 5.14. The van der Waals surface area contributed by atoms with Crippen molar-refractivity contribution in [1.82, 2.24) is 0 Å². The van der Waals surface area contributed by atoms with Crippen molar-refractivity contribution in [3.8, 4) is 5.75 Å². The Bertz CT molecular complexity index is 740. The number of alkyl halides is 3. The number of carbonyl (C=O) groups is 1. The van der Waals surface area contributed by atoms with Crippen LogP contribution in [0.2, 0.25) is 0 Å². The van der Waals surface area contributed by atoms with Gasteiger partial charge in [-0.25, -0.2) is 0 Å². The largest absolute Gasteiger partial charge is 0.573 e. The zero-order valence-electron chi connectivity index (χ0n) is 11.6. The molecular formula is C16H11BrF3NO2. The number of rotatable bonds is 4. The van der Waals surface area contributed by atoms with Crippen LogP contribution in [0.4, 0.5) is 13.2 Å². The van der Waals surface area contributed by atoms with Crippen LogP contribution in [-0.4, -0.2) is 12.3 Å². The molecule has 0 aliphatic rings. The quantitative estimate of drug-likeness (QED) is 0.780. The number of nitrogens with two attached hydrogens (primary N) is 1. The average molecular weight is 386 g/mol. The van der Waals surface area contributed by atoms with E-state index in [0.29, 0.717) is 11.1 Å². The fraction of sp³-hybridized carbons (Fsp3) is 0.0625. The van der Waals surface area contributed by atoms with Crippen LogP contribution < -0.4 is 10.5 Å². The van der Waals surface area contributed by atoms with Crippen LogP contribution in [0.1, 0.15) is 21.5 Å². The van der Waals surface area contributed by atoms with Gasteiger partial charge in [0, 0.05) is 10.0 Å². The minimum Gasteiger partial charge on any atom is -0.406 e. The number of amides is 1. The molecule has 0 heterocycles. The topological polar surface area (TPSA) is 52.3 Å². The van der Waals surface area contributed by atoms with E-state index in [-0.39, 0.29) is 5.75 Å². The Labute approximate surface area is 138 Å². The molecular weight excluding hydrogens is 375 g/mol. The number of benzene rings is 2. The van der Waals surface area contributed by atoms with Crippen molar-refractivity contribution in [3.63, 3.8) is 0 Å². The van der Waals surface area contributed by atoms with Crippen LogP contribution in [-0.2, 0) is 0 Å². The molecule has 0 aliphatic heterocycles. The van der Waals surface area contributed by atoms with Crippen molar-refractivity contribution in [2.75, 3.05) is 0 Å². The summed E-state index contributed by atoms with van der Waals surface area (Å²) in [6.45, 7) is 0. The van der Waals surface area contributed by atoms with Crippen LogP contribution in [0, 0.1) is 0 Å². The Kier molecular flexibility index (Phi) is 5.10. The summed E-state index contributed by atoms with van der Waals surface area (Å²) in [4.78, 5) is 11.2. The third-order valence-electron chi connectivity index (χ3n) is 2.85. The standard InChI is InChI=1S/C16H11BrF3NO2/c17-14-8-5-12(15(21)22)9-11(14)4-1-10-2-6-13(7-3-10)23-16(18,19)20/h1-9H,(H2,21,22). The zero-order valence-corrected chi connectivity index (χ0v) is 13.2. The van der Waals surface area contributed by atoms with E-state index in [9.17, 15) is 18.0 Å². The van der Waals surface area contributed by atoms with E-state index in [1.165, 1.54) is 24.3 Å². The maximum atomic E-state index is 12.1. The van der Waals surface area contributed by atoms with Gasteiger partial charge in [-0.1, -0.05) is 40.2 Å². The highest BCUT2D eigenvalue weighted by Crippen LogP contribution is 2.24. The molecule has 0 radical (unpaired) electrons. The van der Waals surface area contributed by atoms with Gasteiger partial charge in [0.2, 0.25) is 5.91 Å². The Morgan fingerprint density at radius 2 is 1.74 bits per heavy atom. The molecule has 2 aromatic rings. The van der Waals surface area contributed by atoms with Gasteiger partial charge < -0.3 is 10.5 Å². The van der Waals surface area contributed by atoms with Gasteiger partial charge in [-0.3, -0.25) is 4.79 Å². The molecule has 0 spiro atoms. The normalized spacial score (nSPS) is 11.7. The van der Waals surface area contributed by atoms with Gasteiger partial charge in [0.25, 0.3) is 0 Å². The number of hydrogen-bond donors (Lipinski definition) is 1. The molecule has 2 rings (SSSR count). The summed E-state index contributed by atoms with van der Waals surface area (Å²) in [7, 11) is 0. The van der Waals surface area contributed by atoms with Crippen molar-refractivity contribution in [1.29, 1.82) is 0 Å². The third-order valence-corrected chi connectivity index (χ3v) is 3.57. The minimum absolute atomic E-state index is 0.286. The van der Waals surface area contributed by atoms with Crippen LogP contribution >= 0.6 is 15.9 Å². The van der Waals surface area contributed by atoms with Gasteiger partial charge in [-0.15, -0.1) is 13.2 Å². The molecule has 23 heavy (non-hydrogen) atoms. The first-order valence-electron chi connectivity index (χ1n) is 6.38. The van der Waals surface area contributed by atoms with E-state index < -0.39 is 12.3 Å². The molecule has 0 aromatic heterocycles. The summed E-state index contributed by atoms with van der Waals surface area (Å²) in [5, 5.41) is 0. The van der Waals surface area contributed by atoms with Gasteiger partial charge >= 0.3 is 6.36 Å². The predicted octanol–water partition coefficient (Wildman–Crippen LogP) is 4.62. The van der Waals surface area contributed by atoms with Crippen molar-refractivity contribution < 1.29 is 22.7 Å². The summed E-state index contributed by atoms with van der Waals surface area (Å²) >= 11 is 3.35. The van der Waals surface area contributed by atoms with Crippen molar-refractivity contribution in [3.05, 3.63) is 63.6 Å². The Balaban J connectivity index is 2.17. The van der Waals surface area contributed by atoms with Gasteiger partial charge in [0.1, 0.15) is 5.75 Å². The fourth-order valence-electron chi connectivity index (χ4n) is 1.79. The fourth-order valence-corrected chi connectivity index (χ4v) is 2.17. The molecule has 0 saturated heterocycles.